The fourth-order valence-corrected chi connectivity index (χ4v) is 5.47. The van der Waals surface area contributed by atoms with E-state index in [0.29, 0.717) is 12.2 Å². The summed E-state index contributed by atoms with van der Waals surface area (Å²) in [6, 6.07) is 11.7. The van der Waals surface area contributed by atoms with E-state index in [1.807, 2.05) is 0 Å². The van der Waals surface area contributed by atoms with Crippen molar-refractivity contribution < 1.29 is 22.7 Å². The van der Waals surface area contributed by atoms with Crippen molar-refractivity contribution in [3.63, 3.8) is 0 Å². The van der Waals surface area contributed by atoms with Crippen LogP contribution in [0.15, 0.2) is 47.4 Å². The van der Waals surface area contributed by atoms with E-state index >= 15 is 0 Å². The van der Waals surface area contributed by atoms with Crippen molar-refractivity contribution in [1.29, 1.82) is 0 Å². The Labute approximate surface area is 194 Å². The van der Waals surface area contributed by atoms with Gasteiger partial charge in [0, 0.05) is 25.8 Å². The van der Waals surface area contributed by atoms with Gasteiger partial charge in [0.05, 0.1) is 17.2 Å². The molecule has 2 fully saturated rings. The number of anilines is 2. The first-order valence-electron chi connectivity index (χ1n) is 11.1. The van der Waals surface area contributed by atoms with Crippen molar-refractivity contribution in [3.8, 4) is 0 Å². The minimum Gasteiger partial charge on any atom is -0.376 e. The topological polar surface area (TPSA) is 114 Å². The number of carbonyl (C=O) groups excluding carboxylic acids is 2. The zero-order chi connectivity index (χ0) is 23.6. The first-order chi connectivity index (χ1) is 15.7. The van der Waals surface area contributed by atoms with E-state index in [0.717, 1.165) is 43.4 Å². The maximum absolute atomic E-state index is 13.0. The molecule has 1 unspecified atom stereocenters. The summed E-state index contributed by atoms with van der Waals surface area (Å²) >= 11 is 0. The third-order valence-electron chi connectivity index (χ3n) is 6.13. The van der Waals surface area contributed by atoms with E-state index in [1.54, 1.807) is 43.3 Å². The van der Waals surface area contributed by atoms with Gasteiger partial charge in [-0.2, -0.15) is 0 Å². The lowest BCUT2D eigenvalue weighted by Crippen LogP contribution is -2.39. The highest BCUT2D eigenvalue weighted by Gasteiger charge is 2.51. The molecule has 3 N–H and O–H groups in total. The van der Waals surface area contributed by atoms with Crippen LogP contribution in [0.2, 0.25) is 0 Å². The summed E-state index contributed by atoms with van der Waals surface area (Å²) in [4.78, 5) is 24.3. The Morgan fingerprint density at radius 2 is 1.85 bits per heavy atom. The van der Waals surface area contributed by atoms with E-state index in [4.69, 9.17) is 4.74 Å². The second-order valence-electron chi connectivity index (χ2n) is 8.79. The molecule has 1 saturated heterocycles. The number of amides is 2. The third-order valence-corrected chi connectivity index (χ3v) is 7.55. The maximum Gasteiger partial charge on any atom is 0.263 e. The Hall–Kier alpha value is -2.91. The Bertz CT molecular complexity index is 1150. The van der Waals surface area contributed by atoms with Gasteiger partial charge in [-0.05, 0) is 68.0 Å². The SMILES string of the molecule is CC(=O)Nc1ccc(C)cc1S(=O)(=O)Nc1ccc(C2(C(=O)NCC3CCCO3)CC2)cc1. The molecule has 0 spiro atoms. The molecule has 2 aliphatic rings. The number of nitrogens with one attached hydrogen (secondary N) is 3. The first-order valence-corrected chi connectivity index (χ1v) is 12.6. The van der Waals surface area contributed by atoms with E-state index in [-0.39, 0.29) is 28.5 Å². The van der Waals surface area contributed by atoms with E-state index < -0.39 is 15.4 Å². The second-order valence-corrected chi connectivity index (χ2v) is 10.4. The molecule has 2 amide bonds. The van der Waals surface area contributed by atoms with Crippen LogP contribution < -0.4 is 15.4 Å². The van der Waals surface area contributed by atoms with Crippen LogP contribution in [0.25, 0.3) is 0 Å². The molecule has 33 heavy (non-hydrogen) atoms. The Balaban J connectivity index is 1.47. The molecule has 8 nitrogen and oxygen atoms in total. The number of hydrogen-bond donors (Lipinski definition) is 3. The zero-order valence-corrected chi connectivity index (χ0v) is 19.6. The van der Waals surface area contributed by atoms with Crippen LogP contribution in [0, 0.1) is 6.92 Å². The summed E-state index contributed by atoms with van der Waals surface area (Å²) in [7, 11) is -3.94. The fraction of sp³-hybridized carbons (Fsp3) is 0.417. The fourth-order valence-electron chi connectivity index (χ4n) is 4.17. The predicted octanol–water partition coefficient (Wildman–Crippen LogP) is 3.08. The van der Waals surface area contributed by atoms with Crippen LogP contribution in [0.1, 0.15) is 43.7 Å². The highest BCUT2D eigenvalue weighted by atomic mass is 32.2. The standard InChI is InChI=1S/C24H29N3O5S/c1-16-5-10-21(26-17(2)28)22(14-16)33(30,31)27-19-8-6-18(7-9-19)24(11-12-24)23(29)25-15-20-4-3-13-32-20/h5-10,14,20,27H,3-4,11-13,15H2,1-2H3,(H,25,29)(H,26,28). The highest BCUT2D eigenvalue weighted by Crippen LogP contribution is 2.48. The summed E-state index contributed by atoms with van der Waals surface area (Å²) in [6.07, 6.45) is 3.60. The van der Waals surface area contributed by atoms with Gasteiger partial charge in [-0.3, -0.25) is 14.3 Å². The minimum absolute atomic E-state index is 0.00560. The molecule has 1 aliphatic carbocycles. The van der Waals surface area contributed by atoms with Gasteiger partial charge >= 0.3 is 0 Å². The molecule has 1 aliphatic heterocycles. The number of carbonyl (C=O) groups is 2. The molecule has 0 aromatic heterocycles. The maximum atomic E-state index is 13.0. The number of sulfonamides is 1. The zero-order valence-electron chi connectivity index (χ0n) is 18.8. The van der Waals surface area contributed by atoms with Crippen molar-refractivity contribution >= 4 is 33.2 Å². The highest BCUT2D eigenvalue weighted by molar-refractivity contribution is 7.92. The number of benzene rings is 2. The Kier molecular flexibility index (Phi) is 6.45. The molecule has 1 saturated carbocycles. The number of aryl methyl sites for hydroxylation is 1. The van der Waals surface area contributed by atoms with E-state index in [1.165, 1.54) is 13.0 Å². The Morgan fingerprint density at radius 1 is 1.12 bits per heavy atom. The average Bonchev–Trinajstić information content (AvgIpc) is 3.41. The van der Waals surface area contributed by atoms with E-state index in [9.17, 15) is 18.0 Å². The monoisotopic (exact) mass is 471 g/mol. The number of hydrogen-bond acceptors (Lipinski definition) is 5. The quantitative estimate of drug-likeness (QED) is 0.548. The number of ether oxygens (including phenoxy) is 1. The number of rotatable bonds is 8. The van der Waals surface area contributed by atoms with Crippen LogP contribution in [0.3, 0.4) is 0 Å². The van der Waals surface area contributed by atoms with Crippen molar-refractivity contribution in [1.82, 2.24) is 5.32 Å². The van der Waals surface area contributed by atoms with Gasteiger partial charge in [0.2, 0.25) is 11.8 Å². The summed E-state index contributed by atoms with van der Waals surface area (Å²) < 4.78 is 34.2. The van der Waals surface area contributed by atoms with Crippen molar-refractivity contribution in [3.05, 3.63) is 53.6 Å². The molecule has 0 radical (unpaired) electrons. The molecule has 0 bridgehead atoms. The summed E-state index contributed by atoms with van der Waals surface area (Å²) in [6.45, 7) is 4.38. The second kappa shape index (κ2) is 9.15. The van der Waals surface area contributed by atoms with Gasteiger partial charge in [0.15, 0.2) is 0 Å². The molecule has 1 atom stereocenters. The molecule has 9 heteroatoms. The van der Waals surface area contributed by atoms with Gasteiger partial charge in [0.25, 0.3) is 10.0 Å². The molecule has 2 aromatic carbocycles. The van der Waals surface area contributed by atoms with Crippen LogP contribution in [-0.2, 0) is 29.8 Å². The lowest BCUT2D eigenvalue weighted by Gasteiger charge is -2.18. The van der Waals surface area contributed by atoms with E-state index in [2.05, 4.69) is 15.4 Å². The lowest BCUT2D eigenvalue weighted by molar-refractivity contribution is -0.124. The predicted molar refractivity (Wildman–Crippen MR) is 126 cm³/mol. The molecule has 2 aromatic rings. The van der Waals surface area contributed by atoms with Gasteiger partial charge in [-0.1, -0.05) is 18.2 Å². The normalized spacial score (nSPS) is 19.0. The molecular weight excluding hydrogens is 442 g/mol. The van der Waals surface area contributed by atoms with Gasteiger partial charge in [0.1, 0.15) is 4.90 Å². The molecular formula is C24H29N3O5S. The van der Waals surface area contributed by atoms with Crippen LogP contribution >= 0.6 is 0 Å². The Morgan fingerprint density at radius 3 is 2.45 bits per heavy atom. The van der Waals surface area contributed by atoms with Crippen LogP contribution in [-0.4, -0.2) is 39.5 Å². The average molecular weight is 472 g/mol. The molecule has 176 valence electrons. The summed E-state index contributed by atoms with van der Waals surface area (Å²) in [5, 5.41) is 5.58. The van der Waals surface area contributed by atoms with Gasteiger partial charge in [-0.25, -0.2) is 8.42 Å². The minimum atomic E-state index is -3.94. The third kappa shape index (κ3) is 5.20. The molecule has 1 heterocycles. The lowest BCUT2D eigenvalue weighted by atomic mass is 9.94. The van der Waals surface area contributed by atoms with Crippen molar-refractivity contribution in [2.75, 3.05) is 23.2 Å². The van der Waals surface area contributed by atoms with Crippen LogP contribution in [0.4, 0.5) is 11.4 Å². The molecule has 4 rings (SSSR count). The summed E-state index contributed by atoms with van der Waals surface area (Å²) in [5.74, 6) is -0.363. The van der Waals surface area contributed by atoms with Crippen LogP contribution in [0.5, 0.6) is 0 Å². The van der Waals surface area contributed by atoms with Gasteiger partial charge < -0.3 is 15.4 Å². The van der Waals surface area contributed by atoms with Crippen molar-refractivity contribution in [2.24, 2.45) is 0 Å². The first kappa shape index (κ1) is 23.3. The largest absolute Gasteiger partial charge is 0.376 e. The van der Waals surface area contributed by atoms with Gasteiger partial charge in [-0.15, -0.1) is 0 Å². The van der Waals surface area contributed by atoms with Crippen molar-refractivity contribution in [2.45, 2.75) is 55.9 Å². The summed E-state index contributed by atoms with van der Waals surface area (Å²) in [5.41, 5.74) is 1.67. The smallest absolute Gasteiger partial charge is 0.263 e.